The third-order valence-corrected chi connectivity index (χ3v) is 5.29. The molecule has 0 amide bonds. The quantitative estimate of drug-likeness (QED) is 0.722. The van der Waals surface area contributed by atoms with Crippen LogP contribution in [-0.2, 0) is 4.79 Å². The number of carboxylic acid groups (broad SMARTS) is 1. The molecule has 0 aliphatic carbocycles. The number of aromatic nitrogens is 3. The Morgan fingerprint density at radius 1 is 1.36 bits per heavy atom. The number of rotatable bonds is 3. The van der Waals surface area contributed by atoms with Crippen LogP contribution in [0.4, 0.5) is 5.69 Å². The van der Waals surface area contributed by atoms with Crippen molar-refractivity contribution < 1.29 is 9.90 Å². The summed E-state index contributed by atoms with van der Waals surface area (Å²) in [6.45, 7) is 0.668. The third-order valence-electron chi connectivity index (χ3n) is 4.49. The van der Waals surface area contributed by atoms with Crippen molar-refractivity contribution in [2.45, 2.75) is 18.9 Å². The summed E-state index contributed by atoms with van der Waals surface area (Å²) in [7, 11) is 0. The molecule has 1 aliphatic heterocycles. The number of hydrogen-bond donors (Lipinski definition) is 2. The summed E-state index contributed by atoms with van der Waals surface area (Å²) in [4.78, 5) is 18.2. The fourth-order valence-corrected chi connectivity index (χ4v) is 3.66. The molecule has 0 spiro atoms. The van der Waals surface area contributed by atoms with Gasteiger partial charge >= 0.3 is 5.97 Å². The van der Waals surface area contributed by atoms with Crippen LogP contribution < -0.4 is 4.90 Å². The lowest BCUT2D eigenvalue weighted by atomic mass is 10.1. The summed E-state index contributed by atoms with van der Waals surface area (Å²) >= 11 is 12.5. The van der Waals surface area contributed by atoms with E-state index in [4.69, 9.17) is 23.2 Å². The molecule has 1 atom stereocenters. The second-order valence-corrected chi connectivity index (χ2v) is 6.75. The molecule has 1 fully saturated rings. The van der Waals surface area contributed by atoms with Gasteiger partial charge < -0.3 is 10.0 Å². The van der Waals surface area contributed by atoms with Gasteiger partial charge in [0.05, 0.1) is 27.5 Å². The highest BCUT2D eigenvalue weighted by Gasteiger charge is 2.32. The normalized spacial score (nSPS) is 17.4. The maximum absolute atomic E-state index is 11.6. The molecule has 0 unspecified atom stereocenters. The summed E-state index contributed by atoms with van der Waals surface area (Å²) in [6, 6.07) is 4.87. The molecule has 8 heteroatoms. The van der Waals surface area contributed by atoms with Gasteiger partial charge in [0.2, 0.25) is 0 Å². The number of benzene rings is 1. The highest BCUT2D eigenvalue weighted by atomic mass is 35.5. The topological polar surface area (TPSA) is 82.1 Å². The predicted molar refractivity (Wildman–Crippen MR) is 97.3 cm³/mol. The van der Waals surface area contributed by atoms with Gasteiger partial charge in [0.25, 0.3) is 0 Å². The fraction of sp³-hybridized carbons (Fsp3) is 0.235. The first-order valence-electron chi connectivity index (χ1n) is 7.83. The van der Waals surface area contributed by atoms with E-state index in [1.807, 2.05) is 17.0 Å². The van der Waals surface area contributed by atoms with Crippen molar-refractivity contribution in [2.24, 2.45) is 0 Å². The van der Waals surface area contributed by atoms with Gasteiger partial charge in [0, 0.05) is 29.4 Å². The Labute approximate surface area is 153 Å². The van der Waals surface area contributed by atoms with E-state index in [0.717, 1.165) is 23.1 Å². The van der Waals surface area contributed by atoms with Crippen LogP contribution in [0.25, 0.3) is 22.2 Å². The molecule has 3 heterocycles. The predicted octanol–water partition coefficient (Wildman–Crippen LogP) is 3.99. The molecule has 2 N–H and O–H groups in total. The summed E-state index contributed by atoms with van der Waals surface area (Å²) < 4.78 is 0. The van der Waals surface area contributed by atoms with Crippen molar-refractivity contribution in [1.29, 1.82) is 0 Å². The Hall–Kier alpha value is -2.31. The molecule has 1 aliphatic rings. The van der Waals surface area contributed by atoms with E-state index in [9.17, 15) is 9.90 Å². The number of fused-ring (bicyclic) bond motifs is 1. The maximum Gasteiger partial charge on any atom is 0.326 e. The van der Waals surface area contributed by atoms with Gasteiger partial charge in [-0.1, -0.05) is 23.2 Å². The molecule has 6 nitrogen and oxygen atoms in total. The zero-order valence-electron chi connectivity index (χ0n) is 13.0. The first-order valence-corrected chi connectivity index (χ1v) is 8.59. The van der Waals surface area contributed by atoms with E-state index in [-0.39, 0.29) is 0 Å². The Balaban J connectivity index is 1.99. The van der Waals surface area contributed by atoms with E-state index < -0.39 is 12.0 Å². The molecule has 0 bridgehead atoms. The van der Waals surface area contributed by atoms with E-state index in [1.165, 1.54) is 0 Å². The summed E-state index contributed by atoms with van der Waals surface area (Å²) in [5.74, 6) is -0.826. The smallest absolute Gasteiger partial charge is 0.326 e. The van der Waals surface area contributed by atoms with Crippen molar-refractivity contribution in [1.82, 2.24) is 15.2 Å². The number of pyridine rings is 1. The van der Waals surface area contributed by atoms with Gasteiger partial charge in [-0.2, -0.15) is 5.10 Å². The van der Waals surface area contributed by atoms with E-state index in [0.29, 0.717) is 34.2 Å². The van der Waals surface area contributed by atoms with Crippen molar-refractivity contribution in [3.05, 3.63) is 40.6 Å². The monoisotopic (exact) mass is 376 g/mol. The highest BCUT2D eigenvalue weighted by molar-refractivity contribution is 6.45. The zero-order valence-corrected chi connectivity index (χ0v) is 14.6. The largest absolute Gasteiger partial charge is 0.480 e. The Morgan fingerprint density at radius 2 is 2.20 bits per heavy atom. The second-order valence-electron chi connectivity index (χ2n) is 5.96. The Bertz CT molecular complexity index is 959. The molecule has 2 aromatic heterocycles. The van der Waals surface area contributed by atoms with Gasteiger partial charge in [0.1, 0.15) is 6.04 Å². The van der Waals surface area contributed by atoms with E-state index in [1.54, 1.807) is 18.5 Å². The van der Waals surface area contributed by atoms with E-state index in [2.05, 4.69) is 15.2 Å². The molecule has 25 heavy (non-hydrogen) atoms. The number of H-pyrrole nitrogens is 1. The number of nitrogens with zero attached hydrogens (tertiary/aromatic N) is 3. The third kappa shape index (κ3) is 2.71. The Morgan fingerprint density at radius 3 is 2.92 bits per heavy atom. The van der Waals surface area contributed by atoms with Gasteiger partial charge in [-0.25, -0.2) is 9.78 Å². The van der Waals surface area contributed by atoms with Gasteiger partial charge in [-0.05, 0) is 31.0 Å². The van der Waals surface area contributed by atoms with Gasteiger partial charge in [-0.3, -0.25) is 5.10 Å². The van der Waals surface area contributed by atoms with Crippen LogP contribution in [0.2, 0.25) is 10.0 Å². The molecule has 0 saturated carbocycles. The number of nitrogens with one attached hydrogen (secondary N) is 1. The fourth-order valence-electron chi connectivity index (χ4n) is 3.30. The minimum Gasteiger partial charge on any atom is -0.480 e. The number of aliphatic carboxylic acids is 1. The van der Waals surface area contributed by atoms with Crippen molar-refractivity contribution in [3.8, 4) is 11.3 Å². The summed E-state index contributed by atoms with van der Waals surface area (Å²) in [6.07, 6.45) is 4.83. The molecule has 0 radical (unpaired) electrons. The van der Waals surface area contributed by atoms with Crippen LogP contribution in [-0.4, -0.2) is 38.8 Å². The minimum atomic E-state index is -0.826. The van der Waals surface area contributed by atoms with Gasteiger partial charge in [-0.15, -0.1) is 0 Å². The second kappa shape index (κ2) is 6.20. The van der Waals surface area contributed by atoms with Gasteiger partial charge in [0.15, 0.2) is 0 Å². The SMILES string of the molecule is O=C(O)[C@@H]1CCCN1c1cc(-c2cn[nH]c2)nc2c(Cl)c(Cl)ccc12. The maximum atomic E-state index is 11.6. The molecule has 3 aromatic rings. The number of aromatic amines is 1. The lowest BCUT2D eigenvalue weighted by molar-refractivity contribution is -0.138. The van der Waals surface area contributed by atoms with Crippen LogP contribution in [0.15, 0.2) is 30.6 Å². The van der Waals surface area contributed by atoms with Crippen molar-refractivity contribution in [2.75, 3.05) is 11.4 Å². The molecular weight excluding hydrogens is 363 g/mol. The van der Waals surface area contributed by atoms with Crippen LogP contribution in [0.3, 0.4) is 0 Å². The molecule has 4 rings (SSSR count). The molecular formula is C17H14Cl2N4O2. The molecule has 128 valence electrons. The lowest BCUT2D eigenvalue weighted by Crippen LogP contribution is -2.36. The summed E-state index contributed by atoms with van der Waals surface area (Å²) in [5, 5.41) is 17.8. The van der Waals surface area contributed by atoms with Crippen LogP contribution in [0, 0.1) is 0 Å². The van der Waals surface area contributed by atoms with E-state index >= 15 is 0 Å². The number of carbonyl (C=O) groups is 1. The average molecular weight is 377 g/mol. The number of anilines is 1. The number of hydrogen-bond acceptors (Lipinski definition) is 4. The lowest BCUT2D eigenvalue weighted by Gasteiger charge is -2.26. The van der Waals surface area contributed by atoms with Crippen molar-refractivity contribution >= 4 is 45.8 Å². The Kier molecular flexibility index (Phi) is 4.01. The van der Waals surface area contributed by atoms with Crippen molar-refractivity contribution in [3.63, 3.8) is 0 Å². The first-order chi connectivity index (χ1) is 12.1. The number of carboxylic acids is 1. The molecule has 1 saturated heterocycles. The highest BCUT2D eigenvalue weighted by Crippen LogP contribution is 2.39. The first kappa shape index (κ1) is 16.2. The van der Waals surface area contributed by atoms with Crippen LogP contribution in [0.5, 0.6) is 0 Å². The van der Waals surface area contributed by atoms with Crippen LogP contribution in [0.1, 0.15) is 12.8 Å². The average Bonchev–Trinajstić information content (AvgIpc) is 3.28. The molecule has 1 aromatic carbocycles. The summed E-state index contributed by atoms with van der Waals surface area (Å²) in [5.41, 5.74) is 2.81. The number of halogens is 2. The zero-order chi connectivity index (χ0) is 17.6. The standard InChI is InChI=1S/C17H14Cl2N4O2/c18-11-4-3-10-14(23-5-1-2-13(23)17(24)25)6-12(9-7-20-21-8-9)22-16(10)15(11)19/h3-4,6-8,13H,1-2,5H2,(H,20,21)(H,24,25)/t13-/m0/s1. The minimum absolute atomic E-state index is 0.358. The van der Waals surface area contributed by atoms with Crippen LogP contribution >= 0.6 is 23.2 Å².